The standard InChI is InChI=1S/C45H30N4/c1-4-13-31(14-5-1)32-23-25-33(26-24-32)36-27-28-40-39-21-10-11-22-41(39)49(42(40)30-36)38-20-12-19-37(29-38)45-47-43(34-15-6-2-7-16-34)46-44(48-45)35-17-8-3-9-18-35/h1-30H/i10D,11D,21D,22D. The molecule has 9 aromatic rings. The lowest BCUT2D eigenvalue weighted by Gasteiger charge is -2.12. The van der Waals surface area contributed by atoms with Crippen LogP contribution in [0, 0.1) is 0 Å². The topological polar surface area (TPSA) is 43.6 Å². The first kappa shape index (κ1) is 24.5. The molecule has 0 unspecified atom stereocenters. The molecule has 0 N–H and O–H groups in total. The molecule has 49 heavy (non-hydrogen) atoms. The first-order valence-corrected chi connectivity index (χ1v) is 16.1. The van der Waals surface area contributed by atoms with E-state index in [1.54, 1.807) is 0 Å². The molecule has 0 aliphatic rings. The molecular formula is C45H30N4. The third-order valence-corrected chi connectivity index (χ3v) is 8.79. The summed E-state index contributed by atoms with van der Waals surface area (Å²) in [6, 6.07) is 51.4. The van der Waals surface area contributed by atoms with E-state index < -0.39 is 0 Å². The number of fused-ring (bicyclic) bond motifs is 3. The van der Waals surface area contributed by atoms with Crippen molar-refractivity contribution in [3.8, 4) is 62.1 Å². The maximum absolute atomic E-state index is 9.09. The lowest BCUT2D eigenvalue weighted by molar-refractivity contribution is 1.07. The van der Waals surface area contributed by atoms with Gasteiger partial charge in [-0.15, -0.1) is 0 Å². The molecule has 230 valence electrons. The van der Waals surface area contributed by atoms with Crippen molar-refractivity contribution in [2.75, 3.05) is 0 Å². The van der Waals surface area contributed by atoms with Gasteiger partial charge >= 0.3 is 0 Å². The number of benzene rings is 7. The van der Waals surface area contributed by atoms with Crippen LogP contribution in [-0.4, -0.2) is 19.5 Å². The first-order valence-electron chi connectivity index (χ1n) is 18.1. The molecule has 0 amide bonds. The van der Waals surface area contributed by atoms with Crippen molar-refractivity contribution in [3.05, 3.63) is 182 Å². The van der Waals surface area contributed by atoms with E-state index >= 15 is 0 Å². The Morgan fingerprint density at radius 3 is 1.49 bits per heavy atom. The monoisotopic (exact) mass is 630 g/mol. The summed E-state index contributed by atoms with van der Waals surface area (Å²) in [7, 11) is 0. The van der Waals surface area contributed by atoms with Crippen LogP contribution in [-0.2, 0) is 0 Å². The van der Waals surface area contributed by atoms with Gasteiger partial charge in [-0.3, -0.25) is 0 Å². The molecule has 9 rings (SSSR count). The van der Waals surface area contributed by atoms with Crippen LogP contribution >= 0.6 is 0 Å². The highest BCUT2D eigenvalue weighted by atomic mass is 15.0. The van der Waals surface area contributed by atoms with Crippen LogP contribution < -0.4 is 0 Å². The minimum absolute atomic E-state index is 0.0710. The molecule has 0 atom stereocenters. The van der Waals surface area contributed by atoms with Gasteiger partial charge in [0.05, 0.1) is 16.5 Å². The van der Waals surface area contributed by atoms with E-state index in [0.717, 1.165) is 49.8 Å². The second-order valence-electron chi connectivity index (χ2n) is 11.8. The Balaban J connectivity index is 1.25. The summed E-state index contributed by atoms with van der Waals surface area (Å²) in [5.41, 5.74) is 8.60. The summed E-state index contributed by atoms with van der Waals surface area (Å²) in [6.45, 7) is 0. The molecule has 4 nitrogen and oxygen atoms in total. The smallest absolute Gasteiger partial charge is 0.164 e. The van der Waals surface area contributed by atoms with Gasteiger partial charge in [0.1, 0.15) is 0 Å². The molecule has 0 aliphatic heterocycles. The summed E-state index contributed by atoms with van der Waals surface area (Å²) in [5.74, 6) is 1.59. The van der Waals surface area contributed by atoms with Gasteiger partial charge in [0.2, 0.25) is 0 Å². The van der Waals surface area contributed by atoms with E-state index in [1.165, 1.54) is 0 Å². The first-order chi connectivity index (χ1) is 25.9. The van der Waals surface area contributed by atoms with Crippen LogP contribution in [0.1, 0.15) is 5.48 Å². The molecule has 7 aromatic carbocycles. The van der Waals surface area contributed by atoms with Crippen LogP contribution in [0.25, 0.3) is 83.9 Å². The Morgan fingerprint density at radius 2 is 0.857 bits per heavy atom. The van der Waals surface area contributed by atoms with Crippen LogP contribution in [0.15, 0.2) is 182 Å². The molecule has 2 heterocycles. The van der Waals surface area contributed by atoms with E-state index in [4.69, 9.17) is 20.4 Å². The minimum atomic E-state index is -0.281. The van der Waals surface area contributed by atoms with Gasteiger partial charge < -0.3 is 4.57 Å². The Hall–Kier alpha value is -6.65. The molecular weight excluding hydrogens is 597 g/mol. The number of hydrogen-bond donors (Lipinski definition) is 0. The third-order valence-electron chi connectivity index (χ3n) is 8.79. The molecule has 0 aliphatic carbocycles. The highest BCUT2D eigenvalue weighted by Crippen LogP contribution is 2.36. The van der Waals surface area contributed by atoms with Crippen molar-refractivity contribution in [3.63, 3.8) is 0 Å². The fourth-order valence-electron chi connectivity index (χ4n) is 6.37. The van der Waals surface area contributed by atoms with Gasteiger partial charge in [-0.1, -0.05) is 158 Å². The van der Waals surface area contributed by atoms with Crippen molar-refractivity contribution in [2.45, 2.75) is 0 Å². The van der Waals surface area contributed by atoms with Crippen LogP contribution in [0.2, 0.25) is 0 Å². The Labute approximate surface area is 290 Å². The van der Waals surface area contributed by atoms with Gasteiger partial charge in [0.15, 0.2) is 17.5 Å². The van der Waals surface area contributed by atoms with E-state index in [0.29, 0.717) is 34.1 Å². The van der Waals surface area contributed by atoms with E-state index in [2.05, 4.69) is 42.5 Å². The highest BCUT2D eigenvalue weighted by Gasteiger charge is 2.16. The zero-order valence-corrected chi connectivity index (χ0v) is 26.3. The predicted octanol–water partition coefficient (Wildman–Crippen LogP) is 11.3. The maximum atomic E-state index is 9.09. The summed E-state index contributed by atoms with van der Waals surface area (Å²) >= 11 is 0. The fraction of sp³-hybridized carbons (Fsp3) is 0. The predicted molar refractivity (Wildman–Crippen MR) is 201 cm³/mol. The van der Waals surface area contributed by atoms with Gasteiger partial charge in [-0.2, -0.15) is 0 Å². The van der Waals surface area contributed by atoms with E-state index in [-0.39, 0.29) is 24.2 Å². The number of rotatable bonds is 6. The number of nitrogens with zero attached hydrogens (tertiary/aromatic N) is 4. The Morgan fingerprint density at radius 1 is 0.367 bits per heavy atom. The van der Waals surface area contributed by atoms with E-state index in [1.807, 2.05) is 120 Å². The molecule has 4 heteroatoms. The van der Waals surface area contributed by atoms with Crippen molar-refractivity contribution in [1.82, 2.24) is 19.5 Å². The number of para-hydroxylation sites is 1. The number of hydrogen-bond acceptors (Lipinski definition) is 3. The van der Waals surface area contributed by atoms with Gasteiger partial charge in [-0.05, 0) is 46.5 Å². The van der Waals surface area contributed by atoms with Crippen molar-refractivity contribution >= 4 is 21.8 Å². The maximum Gasteiger partial charge on any atom is 0.164 e. The van der Waals surface area contributed by atoms with Crippen molar-refractivity contribution in [1.29, 1.82) is 0 Å². The quantitative estimate of drug-likeness (QED) is 0.184. The lowest BCUT2D eigenvalue weighted by atomic mass is 9.99. The molecule has 0 bridgehead atoms. The summed E-state index contributed by atoms with van der Waals surface area (Å²) < 4.78 is 37.1. The normalized spacial score (nSPS) is 12.4. The highest BCUT2D eigenvalue weighted by molar-refractivity contribution is 6.10. The zero-order chi connectivity index (χ0) is 36.1. The zero-order valence-electron chi connectivity index (χ0n) is 30.3. The minimum Gasteiger partial charge on any atom is -0.309 e. The average Bonchev–Trinajstić information content (AvgIpc) is 3.58. The molecule has 2 aromatic heterocycles. The van der Waals surface area contributed by atoms with Gasteiger partial charge in [-0.25, -0.2) is 15.0 Å². The third kappa shape index (κ3) is 5.35. The fourth-order valence-corrected chi connectivity index (χ4v) is 6.37. The molecule has 0 saturated carbocycles. The van der Waals surface area contributed by atoms with Gasteiger partial charge in [0, 0.05) is 33.2 Å². The molecule has 0 saturated heterocycles. The second kappa shape index (κ2) is 12.2. The summed E-state index contributed by atoms with van der Waals surface area (Å²) in [5, 5.41) is 1.21. The Bertz CT molecular complexity index is 2750. The molecule has 0 spiro atoms. The second-order valence-corrected chi connectivity index (χ2v) is 11.8. The molecule has 0 radical (unpaired) electrons. The largest absolute Gasteiger partial charge is 0.309 e. The van der Waals surface area contributed by atoms with Crippen LogP contribution in [0.4, 0.5) is 0 Å². The Kier molecular flexibility index (Phi) is 6.09. The van der Waals surface area contributed by atoms with Crippen molar-refractivity contribution in [2.24, 2.45) is 0 Å². The van der Waals surface area contributed by atoms with Crippen molar-refractivity contribution < 1.29 is 5.48 Å². The summed E-state index contributed by atoms with van der Waals surface area (Å²) in [4.78, 5) is 14.7. The lowest BCUT2D eigenvalue weighted by Crippen LogP contribution is -2.01. The SMILES string of the molecule is [2H]c1c([2H])c([2H])c2c(c1[2H])c1ccc(-c3ccc(-c4ccccc4)cc3)cc1n2-c1cccc(-c2nc(-c3ccccc3)nc(-c3ccccc3)n2)c1. The summed E-state index contributed by atoms with van der Waals surface area (Å²) in [6.07, 6.45) is 0. The average molecular weight is 631 g/mol. The van der Waals surface area contributed by atoms with Crippen LogP contribution in [0.5, 0.6) is 0 Å². The molecule has 0 fully saturated rings. The van der Waals surface area contributed by atoms with Crippen LogP contribution in [0.3, 0.4) is 0 Å². The van der Waals surface area contributed by atoms with E-state index in [9.17, 15) is 0 Å². The number of aromatic nitrogens is 4. The van der Waals surface area contributed by atoms with Gasteiger partial charge in [0.25, 0.3) is 0 Å².